The number of aliphatic hydroxyl groups is 2. The van der Waals surface area contributed by atoms with Crippen molar-refractivity contribution in [3.05, 3.63) is 21.7 Å². The summed E-state index contributed by atoms with van der Waals surface area (Å²) >= 11 is 1.58. The Labute approximate surface area is 213 Å². The number of hydrogen-bond donors (Lipinski definition) is 3. The number of aryl methyl sites for hydroxylation is 1. The van der Waals surface area contributed by atoms with Crippen LogP contribution in [0.3, 0.4) is 0 Å². The molecule has 3 N–H and O–H groups in total. The van der Waals surface area contributed by atoms with Crippen molar-refractivity contribution in [2.45, 2.75) is 111 Å². The topological polar surface area (TPSA) is 112 Å². The van der Waals surface area contributed by atoms with E-state index in [1.165, 1.54) is 0 Å². The van der Waals surface area contributed by atoms with Crippen LogP contribution in [0, 0.1) is 24.2 Å². The zero-order chi connectivity index (χ0) is 26.1. The molecule has 2 saturated heterocycles. The molecule has 7 nitrogen and oxygen atoms in total. The van der Waals surface area contributed by atoms with Gasteiger partial charge in [-0.1, -0.05) is 34.1 Å². The van der Waals surface area contributed by atoms with Crippen molar-refractivity contribution in [3.8, 4) is 0 Å². The van der Waals surface area contributed by atoms with Gasteiger partial charge in [-0.3, -0.25) is 9.59 Å². The lowest BCUT2D eigenvalue weighted by molar-refractivity contribution is -0.143. The summed E-state index contributed by atoms with van der Waals surface area (Å²) in [5.74, 6) is -1.24. The van der Waals surface area contributed by atoms with E-state index in [0.29, 0.717) is 6.42 Å². The van der Waals surface area contributed by atoms with Crippen LogP contribution in [0.1, 0.15) is 84.3 Å². The molecule has 196 valence electrons. The van der Waals surface area contributed by atoms with Crippen molar-refractivity contribution in [2.24, 2.45) is 17.3 Å². The molecule has 2 aliphatic heterocycles. The molecule has 0 spiro atoms. The van der Waals surface area contributed by atoms with Gasteiger partial charge in [0.25, 0.3) is 0 Å². The Morgan fingerprint density at radius 3 is 2.57 bits per heavy atom. The Balaban J connectivity index is 1.85. The van der Waals surface area contributed by atoms with Crippen LogP contribution in [0.5, 0.6) is 0 Å². The van der Waals surface area contributed by atoms with Crippen LogP contribution in [-0.2, 0) is 14.3 Å². The first kappa shape index (κ1) is 28.0. The van der Waals surface area contributed by atoms with E-state index in [1.54, 1.807) is 32.1 Å². The molecule has 3 heterocycles. The molecule has 0 aliphatic carbocycles. The molecule has 1 amide bonds. The molecular formula is C27H42N2O5S. The van der Waals surface area contributed by atoms with Gasteiger partial charge in [-0.05, 0) is 51.2 Å². The first-order valence-corrected chi connectivity index (χ1v) is 13.6. The minimum Gasteiger partial charge on any atom is -0.392 e. The highest BCUT2D eigenvalue weighted by molar-refractivity contribution is 7.09. The Bertz CT molecular complexity index is 957. The lowest BCUT2D eigenvalue weighted by Gasteiger charge is -2.34. The van der Waals surface area contributed by atoms with Crippen LogP contribution in [0.25, 0.3) is 6.08 Å². The molecule has 7 atom stereocenters. The summed E-state index contributed by atoms with van der Waals surface area (Å²) in [6.07, 6.45) is 2.99. The molecule has 2 unspecified atom stereocenters. The van der Waals surface area contributed by atoms with Crippen molar-refractivity contribution in [2.75, 3.05) is 0 Å². The fourth-order valence-corrected chi connectivity index (χ4v) is 5.76. The minimum absolute atomic E-state index is 0.0170. The smallest absolute Gasteiger partial charge is 0.223 e. The van der Waals surface area contributed by atoms with Crippen LogP contribution in [0.15, 0.2) is 11.0 Å². The number of aliphatic hydroxyl groups excluding tert-OH is 2. The fraction of sp³-hybridized carbons (Fsp3) is 0.741. The summed E-state index contributed by atoms with van der Waals surface area (Å²) in [5, 5.41) is 27.8. The second-order valence-electron chi connectivity index (χ2n) is 11.4. The number of nitrogens with zero attached hydrogens (tertiary/aromatic N) is 1. The minimum atomic E-state index is -1.17. The van der Waals surface area contributed by atoms with E-state index in [-0.39, 0.29) is 41.8 Å². The van der Waals surface area contributed by atoms with Crippen LogP contribution < -0.4 is 5.32 Å². The molecule has 1 aromatic rings. The maximum atomic E-state index is 13.2. The summed E-state index contributed by atoms with van der Waals surface area (Å²) in [5.41, 5.74) is 0.410. The second kappa shape index (κ2) is 10.8. The molecule has 3 rings (SSSR count). The molecule has 0 saturated carbocycles. The van der Waals surface area contributed by atoms with Crippen molar-refractivity contribution in [1.82, 2.24) is 10.3 Å². The third kappa shape index (κ3) is 6.59. The maximum Gasteiger partial charge on any atom is 0.223 e. The summed E-state index contributed by atoms with van der Waals surface area (Å²) in [6, 6.07) is -0.269. The molecule has 0 bridgehead atoms. The number of carbonyl (C=O) groups is 2. The van der Waals surface area contributed by atoms with Gasteiger partial charge in [0, 0.05) is 17.7 Å². The van der Waals surface area contributed by atoms with E-state index in [1.807, 2.05) is 32.2 Å². The van der Waals surface area contributed by atoms with E-state index in [9.17, 15) is 19.8 Å². The van der Waals surface area contributed by atoms with E-state index in [2.05, 4.69) is 17.2 Å². The number of carbonyl (C=O) groups excluding carboxylic acids is 2. The molecule has 0 aromatic carbocycles. The Morgan fingerprint density at radius 1 is 1.26 bits per heavy atom. The van der Waals surface area contributed by atoms with Gasteiger partial charge in [-0.2, -0.15) is 0 Å². The normalized spacial score (nSPS) is 37.5. The number of rotatable bonds is 2. The highest BCUT2D eigenvalue weighted by Gasteiger charge is 2.52. The van der Waals surface area contributed by atoms with Gasteiger partial charge in [-0.15, -0.1) is 11.3 Å². The predicted octanol–water partition coefficient (Wildman–Crippen LogP) is 4.05. The van der Waals surface area contributed by atoms with Crippen LogP contribution in [0.2, 0.25) is 0 Å². The number of ether oxygens (including phenoxy) is 1. The quantitative estimate of drug-likeness (QED) is 0.522. The molecular weight excluding hydrogens is 464 g/mol. The summed E-state index contributed by atoms with van der Waals surface area (Å²) in [4.78, 5) is 30.8. The first-order valence-electron chi connectivity index (χ1n) is 12.7. The predicted molar refractivity (Wildman–Crippen MR) is 138 cm³/mol. The first-order chi connectivity index (χ1) is 16.2. The monoisotopic (exact) mass is 506 g/mol. The Kier molecular flexibility index (Phi) is 8.62. The van der Waals surface area contributed by atoms with Gasteiger partial charge in [0.2, 0.25) is 5.91 Å². The SMILES string of the molecule is C/C(=C\c1csc(C)n1)[C@@H]1C[C@@H]2O[C@]2(C)CCCC(C)C(O)[C@@H](C)C(=O)C(C)(C)[C@@H](O)CC(=O)N1. The lowest BCUT2D eigenvalue weighted by atomic mass is 9.72. The molecule has 35 heavy (non-hydrogen) atoms. The third-order valence-electron chi connectivity index (χ3n) is 8.07. The van der Waals surface area contributed by atoms with Gasteiger partial charge >= 0.3 is 0 Å². The number of aromatic nitrogens is 1. The Morgan fingerprint density at radius 2 is 1.94 bits per heavy atom. The summed E-state index contributed by atoms with van der Waals surface area (Å²) < 4.78 is 6.10. The third-order valence-corrected chi connectivity index (χ3v) is 8.86. The van der Waals surface area contributed by atoms with Crippen molar-refractivity contribution in [1.29, 1.82) is 0 Å². The van der Waals surface area contributed by atoms with Gasteiger partial charge in [0.1, 0.15) is 5.78 Å². The number of amides is 1. The highest BCUT2D eigenvalue weighted by atomic mass is 32.1. The lowest BCUT2D eigenvalue weighted by Crippen LogP contribution is -2.47. The average molecular weight is 507 g/mol. The molecule has 1 aromatic heterocycles. The molecule has 2 aliphatic rings. The van der Waals surface area contributed by atoms with E-state index in [0.717, 1.165) is 35.5 Å². The van der Waals surface area contributed by atoms with E-state index < -0.39 is 23.5 Å². The van der Waals surface area contributed by atoms with E-state index >= 15 is 0 Å². The summed E-state index contributed by atoms with van der Waals surface area (Å²) in [6.45, 7) is 13.0. The number of nitrogens with one attached hydrogen (secondary N) is 1. The highest BCUT2D eigenvalue weighted by Crippen LogP contribution is 2.44. The number of fused-ring (bicyclic) bond motifs is 1. The summed E-state index contributed by atoms with van der Waals surface area (Å²) in [7, 11) is 0. The fourth-order valence-electron chi connectivity index (χ4n) is 5.19. The average Bonchev–Trinajstić information content (AvgIpc) is 3.22. The Hall–Kier alpha value is -1.61. The zero-order valence-electron chi connectivity index (χ0n) is 22.1. The zero-order valence-corrected chi connectivity index (χ0v) is 22.9. The van der Waals surface area contributed by atoms with Gasteiger partial charge in [0.05, 0.1) is 52.5 Å². The van der Waals surface area contributed by atoms with Gasteiger partial charge in [-0.25, -0.2) is 4.98 Å². The van der Waals surface area contributed by atoms with Crippen molar-refractivity contribution >= 4 is 29.1 Å². The van der Waals surface area contributed by atoms with Gasteiger partial charge in [0.15, 0.2) is 0 Å². The number of hydrogen-bond acceptors (Lipinski definition) is 7. The standard InChI is InChI=1S/C27H42N2O5S/c1-15-9-8-10-27(7)22(34-27)12-20(16(2)11-19-14-35-18(4)28-19)29-23(31)13-21(30)26(5,6)25(33)17(3)24(15)32/h11,14-15,17,20-22,24,30,32H,8-10,12-13H2,1-7H3,(H,29,31)/b16-11+/t15?,17-,20+,21+,22+,24?,27-/m1/s1. The number of thiazole rings is 1. The van der Waals surface area contributed by atoms with Gasteiger partial charge < -0.3 is 20.3 Å². The van der Waals surface area contributed by atoms with Crippen molar-refractivity contribution < 1.29 is 24.5 Å². The maximum absolute atomic E-state index is 13.2. The molecule has 8 heteroatoms. The second-order valence-corrected chi connectivity index (χ2v) is 12.5. The van der Waals surface area contributed by atoms with Crippen LogP contribution >= 0.6 is 11.3 Å². The molecule has 2 fully saturated rings. The van der Waals surface area contributed by atoms with Crippen LogP contribution in [0.4, 0.5) is 0 Å². The molecule has 0 radical (unpaired) electrons. The number of ketones is 1. The van der Waals surface area contributed by atoms with Crippen LogP contribution in [-0.4, -0.2) is 56.8 Å². The number of Topliss-reactive ketones (excluding diaryl/α,β-unsaturated/α-hetero) is 1. The van der Waals surface area contributed by atoms with E-state index in [4.69, 9.17) is 4.74 Å². The largest absolute Gasteiger partial charge is 0.392 e. The number of epoxide rings is 1. The van der Waals surface area contributed by atoms with Crippen molar-refractivity contribution in [3.63, 3.8) is 0 Å².